The molecular formula is C13H12N2O. The predicted octanol–water partition coefficient (Wildman–Crippen LogP) is 2.72. The Bertz CT molecular complexity index is 429. The summed E-state index contributed by atoms with van der Waals surface area (Å²) in [4.78, 5) is 0. The van der Waals surface area contributed by atoms with Gasteiger partial charge in [0.15, 0.2) is 0 Å². The number of nitrogens with zero attached hydrogens (tertiary/aromatic N) is 2. The largest absolute Gasteiger partial charge is 0.497 e. The van der Waals surface area contributed by atoms with Crippen LogP contribution in [0.2, 0.25) is 0 Å². The molecular weight excluding hydrogens is 200 g/mol. The molecule has 2 aromatic rings. The molecule has 80 valence electrons. The quantitative estimate of drug-likeness (QED) is 0.673. The lowest BCUT2D eigenvalue weighted by Crippen LogP contribution is -1.82. The summed E-state index contributed by atoms with van der Waals surface area (Å²) in [5, 5.41) is 9.80. The van der Waals surface area contributed by atoms with Gasteiger partial charge in [0.1, 0.15) is 6.61 Å². The van der Waals surface area contributed by atoms with Crippen molar-refractivity contribution in [3.05, 3.63) is 61.1 Å². The molecule has 0 fully saturated rings. The molecule has 0 amide bonds. The molecule has 0 N–H and O–H groups in total. The van der Waals surface area contributed by atoms with Crippen molar-refractivity contribution in [1.82, 2.24) is 10.2 Å². The Labute approximate surface area is 94.1 Å². The highest BCUT2D eigenvalue weighted by Crippen LogP contribution is 2.08. The van der Waals surface area contributed by atoms with Crippen LogP contribution in [0, 0.1) is 0 Å². The third kappa shape index (κ3) is 2.92. The van der Waals surface area contributed by atoms with E-state index in [-0.39, 0.29) is 0 Å². The monoisotopic (exact) mass is 212 g/mol. The number of aromatic nitrogens is 2. The lowest BCUT2D eigenvalue weighted by Gasteiger charge is -1.94. The smallest absolute Gasteiger partial charge is 0.106 e. The molecule has 0 saturated heterocycles. The minimum Gasteiger partial charge on any atom is -0.497 e. The first kappa shape index (κ1) is 10.4. The van der Waals surface area contributed by atoms with Gasteiger partial charge in [-0.2, -0.15) is 10.2 Å². The molecule has 0 bridgehead atoms. The van der Waals surface area contributed by atoms with Gasteiger partial charge in [0.2, 0.25) is 0 Å². The van der Waals surface area contributed by atoms with Crippen molar-refractivity contribution >= 4 is 10.8 Å². The summed E-state index contributed by atoms with van der Waals surface area (Å²) in [6, 6.07) is 8.02. The zero-order valence-corrected chi connectivity index (χ0v) is 8.78. The molecule has 3 nitrogen and oxygen atoms in total. The molecule has 2 heterocycles. The van der Waals surface area contributed by atoms with Crippen molar-refractivity contribution in [3.8, 4) is 0 Å². The Balaban J connectivity index is 0.000000138. The zero-order valence-electron chi connectivity index (χ0n) is 8.78. The van der Waals surface area contributed by atoms with Gasteiger partial charge in [0, 0.05) is 10.8 Å². The van der Waals surface area contributed by atoms with Crippen LogP contribution < -0.4 is 0 Å². The molecule has 1 aromatic carbocycles. The normalized spacial score (nSPS) is 12.8. The van der Waals surface area contributed by atoms with Gasteiger partial charge in [0.25, 0.3) is 0 Å². The summed E-state index contributed by atoms with van der Waals surface area (Å²) < 4.78 is 4.80. The van der Waals surface area contributed by atoms with Gasteiger partial charge < -0.3 is 4.74 Å². The van der Waals surface area contributed by atoms with E-state index in [0.29, 0.717) is 0 Å². The molecule has 0 atom stereocenters. The van der Waals surface area contributed by atoms with Gasteiger partial charge in [-0.05, 0) is 12.2 Å². The van der Waals surface area contributed by atoms with Crippen LogP contribution in [0.15, 0.2) is 61.1 Å². The third-order valence-corrected chi connectivity index (χ3v) is 2.07. The number of ether oxygens (including phenoxy) is 1. The standard InChI is InChI=1S/C8H6N2.C5H6O/c1-2-4-8-6-10-9-5-7(8)3-1;1-2-4-6-5-3-1/h1-6H;1-4H,5H2. The highest BCUT2D eigenvalue weighted by atomic mass is 16.5. The number of hydrogen-bond donors (Lipinski definition) is 0. The average Bonchev–Trinajstić information content (AvgIpc) is 2.42. The highest BCUT2D eigenvalue weighted by Gasteiger charge is 1.87. The first-order valence-corrected chi connectivity index (χ1v) is 5.05. The van der Waals surface area contributed by atoms with Gasteiger partial charge in [0.05, 0.1) is 18.7 Å². The van der Waals surface area contributed by atoms with Crippen molar-refractivity contribution in [3.63, 3.8) is 0 Å². The van der Waals surface area contributed by atoms with E-state index in [4.69, 9.17) is 4.74 Å². The summed E-state index contributed by atoms with van der Waals surface area (Å²) in [5.41, 5.74) is 0. The van der Waals surface area contributed by atoms with Gasteiger partial charge in [-0.15, -0.1) is 0 Å². The Morgan fingerprint density at radius 1 is 0.938 bits per heavy atom. The lowest BCUT2D eigenvalue weighted by molar-refractivity contribution is 0.286. The van der Waals surface area contributed by atoms with E-state index in [9.17, 15) is 0 Å². The molecule has 0 spiro atoms. The van der Waals surface area contributed by atoms with Crippen molar-refractivity contribution in [2.45, 2.75) is 0 Å². The average molecular weight is 212 g/mol. The lowest BCUT2D eigenvalue weighted by atomic mass is 10.2. The molecule has 1 aliphatic rings. The van der Waals surface area contributed by atoms with E-state index in [2.05, 4.69) is 10.2 Å². The predicted molar refractivity (Wildman–Crippen MR) is 63.8 cm³/mol. The molecule has 1 aromatic heterocycles. The molecule has 1 aliphatic heterocycles. The van der Waals surface area contributed by atoms with Crippen LogP contribution in [0.25, 0.3) is 10.8 Å². The zero-order chi connectivity index (χ0) is 11.1. The molecule has 0 saturated carbocycles. The van der Waals surface area contributed by atoms with Crippen molar-refractivity contribution in [2.75, 3.05) is 6.61 Å². The Morgan fingerprint density at radius 3 is 2.00 bits per heavy atom. The van der Waals surface area contributed by atoms with E-state index in [1.54, 1.807) is 18.7 Å². The SMILES string of the molecule is C1=CCOC=C1.c1ccc2cnncc2c1. The Kier molecular flexibility index (Phi) is 3.66. The first-order chi connectivity index (χ1) is 7.97. The second kappa shape index (κ2) is 5.66. The fraction of sp³-hybridized carbons (Fsp3) is 0.0769. The maximum atomic E-state index is 4.80. The molecule has 0 aliphatic carbocycles. The first-order valence-electron chi connectivity index (χ1n) is 5.05. The maximum absolute atomic E-state index is 4.80. The van der Waals surface area contributed by atoms with E-state index in [0.717, 1.165) is 17.4 Å². The van der Waals surface area contributed by atoms with Crippen LogP contribution in [0.3, 0.4) is 0 Å². The van der Waals surface area contributed by atoms with E-state index < -0.39 is 0 Å². The third-order valence-electron chi connectivity index (χ3n) is 2.07. The second-order valence-corrected chi connectivity index (χ2v) is 3.21. The number of benzene rings is 1. The number of fused-ring (bicyclic) bond motifs is 1. The molecule has 0 radical (unpaired) electrons. The van der Waals surface area contributed by atoms with Crippen LogP contribution in [0.1, 0.15) is 0 Å². The van der Waals surface area contributed by atoms with Crippen molar-refractivity contribution < 1.29 is 4.74 Å². The van der Waals surface area contributed by atoms with E-state index in [1.807, 2.05) is 42.5 Å². The molecule has 0 unspecified atom stereocenters. The Morgan fingerprint density at radius 2 is 1.62 bits per heavy atom. The highest BCUT2D eigenvalue weighted by molar-refractivity contribution is 5.80. The van der Waals surface area contributed by atoms with Gasteiger partial charge >= 0.3 is 0 Å². The molecule has 3 heteroatoms. The van der Waals surface area contributed by atoms with Crippen LogP contribution in [-0.4, -0.2) is 16.8 Å². The van der Waals surface area contributed by atoms with E-state index >= 15 is 0 Å². The minimum atomic E-state index is 0.733. The number of hydrogen-bond acceptors (Lipinski definition) is 3. The second-order valence-electron chi connectivity index (χ2n) is 3.21. The summed E-state index contributed by atoms with van der Waals surface area (Å²) in [6.45, 7) is 0.733. The van der Waals surface area contributed by atoms with Crippen molar-refractivity contribution in [1.29, 1.82) is 0 Å². The van der Waals surface area contributed by atoms with Crippen LogP contribution in [0.5, 0.6) is 0 Å². The summed E-state index contributed by atoms with van der Waals surface area (Å²) in [5.74, 6) is 0. The van der Waals surface area contributed by atoms with Crippen LogP contribution in [-0.2, 0) is 4.74 Å². The fourth-order valence-electron chi connectivity index (χ4n) is 1.28. The summed E-state index contributed by atoms with van der Waals surface area (Å²) in [7, 11) is 0. The minimum absolute atomic E-state index is 0.733. The van der Waals surface area contributed by atoms with Gasteiger partial charge in [-0.25, -0.2) is 0 Å². The molecule has 3 rings (SSSR count). The number of allylic oxidation sites excluding steroid dienone is 2. The van der Waals surface area contributed by atoms with E-state index in [1.165, 1.54) is 0 Å². The fourth-order valence-corrected chi connectivity index (χ4v) is 1.28. The maximum Gasteiger partial charge on any atom is 0.106 e. The van der Waals surface area contributed by atoms with Gasteiger partial charge in [-0.3, -0.25) is 0 Å². The molecule has 16 heavy (non-hydrogen) atoms. The topological polar surface area (TPSA) is 35.0 Å². The Hall–Kier alpha value is -2.16. The summed E-state index contributed by atoms with van der Waals surface area (Å²) in [6.07, 6.45) is 11.0. The summed E-state index contributed by atoms with van der Waals surface area (Å²) >= 11 is 0. The van der Waals surface area contributed by atoms with Gasteiger partial charge in [-0.1, -0.05) is 30.3 Å². The van der Waals surface area contributed by atoms with Crippen molar-refractivity contribution in [2.24, 2.45) is 0 Å². The van der Waals surface area contributed by atoms with Crippen LogP contribution in [0.4, 0.5) is 0 Å². The van der Waals surface area contributed by atoms with Crippen LogP contribution >= 0.6 is 0 Å². The number of rotatable bonds is 0.